The average molecular weight is 219 g/mol. The number of ether oxygens (including phenoxy) is 1. The van der Waals surface area contributed by atoms with Crippen LogP contribution in [0.4, 0.5) is 0 Å². The van der Waals surface area contributed by atoms with Gasteiger partial charge < -0.3 is 4.74 Å². The first kappa shape index (κ1) is 8.67. The maximum absolute atomic E-state index is 5.45. The van der Waals surface area contributed by atoms with Crippen molar-refractivity contribution < 1.29 is 4.74 Å². The molecule has 0 aliphatic heterocycles. The maximum Gasteiger partial charge on any atom is 0.314 e. The van der Waals surface area contributed by atoms with E-state index < -0.39 is 0 Å². The molecule has 76 valence electrons. The van der Waals surface area contributed by atoms with Crippen molar-refractivity contribution in [3.63, 3.8) is 0 Å². The first-order valence-electron chi connectivity index (χ1n) is 4.76. The predicted octanol–water partition coefficient (Wildman–Crippen LogP) is 2.34. The molecule has 0 fully saturated rings. The SMILES string of the molecule is CCOc1nsc2nc3ccccc3n12. The summed E-state index contributed by atoms with van der Waals surface area (Å²) >= 11 is 1.36. The lowest BCUT2D eigenvalue weighted by molar-refractivity contribution is 0.314. The second kappa shape index (κ2) is 3.20. The molecule has 0 saturated heterocycles. The number of hydrogen-bond donors (Lipinski definition) is 0. The van der Waals surface area contributed by atoms with Crippen molar-refractivity contribution >= 4 is 27.5 Å². The van der Waals surface area contributed by atoms with E-state index in [9.17, 15) is 0 Å². The molecule has 0 aliphatic carbocycles. The van der Waals surface area contributed by atoms with Crippen LogP contribution in [0, 0.1) is 0 Å². The highest BCUT2D eigenvalue weighted by atomic mass is 32.1. The summed E-state index contributed by atoms with van der Waals surface area (Å²) in [6, 6.07) is 8.61. The Morgan fingerprint density at radius 2 is 2.27 bits per heavy atom. The van der Waals surface area contributed by atoms with Gasteiger partial charge in [-0.15, -0.1) is 4.37 Å². The van der Waals surface area contributed by atoms with Gasteiger partial charge >= 0.3 is 6.01 Å². The summed E-state index contributed by atoms with van der Waals surface area (Å²) in [5.41, 5.74) is 2.02. The maximum atomic E-state index is 5.45. The smallest absolute Gasteiger partial charge is 0.314 e. The molecule has 0 amide bonds. The molecule has 0 radical (unpaired) electrons. The highest BCUT2D eigenvalue weighted by molar-refractivity contribution is 7.11. The molecule has 1 aromatic carbocycles. The summed E-state index contributed by atoms with van der Waals surface area (Å²) < 4.78 is 11.6. The largest absolute Gasteiger partial charge is 0.464 e. The van der Waals surface area contributed by atoms with Crippen LogP contribution in [0.15, 0.2) is 24.3 Å². The van der Waals surface area contributed by atoms with Gasteiger partial charge in [-0.05, 0) is 19.1 Å². The van der Waals surface area contributed by atoms with Gasteiger partial charge in [0.1, 0.15) is 0 Å². The van der Waals surface area contributed by atoms with Gasteiger partial charge in [0.2, 0.25) is 4.96 Å². The zero-order valence-corrected chi connectivity index (χ0v) is 8.99. The topological polar surface area (TPSA) is 39.4 Å². The summed E-state index contributed by atoms with van der Waals surface area (Å²) in [6.07, 6.45) is 0. The number of para-hydroxylation sites is 2. The molecular formula is C10H9N3OS. The number of aromatic nitrogens is 3. The van der Waals surface area contributed by atoms with E-state index in [1.54, 1.807) is 0 Å². The van der Waals surface area contributed by atoms with E-state index >= 15 is 0 Å². The van der Waals surface area contributed by atoms with Gasteiger partial charge in [0.05, 0.1) is 17.6 Å². The summed E-state index contributed by atoms with van der Waals surface area (Å²) in [5, 5.41) is 0. The third kappa shape index (κ3) is 1.20. The Balaban J connectivity index is 2.38. The van der Waals surface area contributed by atoms with Crippen molar-refractivity contribution in [1.82, 2.24) is 13.8 Å². The predicted molar refractivity (Wildman–Crippen MR) is 59.5 cm³/mol. The molecule has 0 atom stereocenters. The molecule has 15 heavy (non-hydrogen) atoms. The van der Waals surface area contributed by atoms with E-state index in [0.717, 1.165) is 16.0 Å². The van der Waals surface area contributed by atoms with Crippen molar-refractivity contribution in [3.8, 4) is 6.01 Å². The summed E-state index contributed by atoms with van der Waals surface area (Å²) in [5.74, 6) is 0. The molecule has 0 saturated carbocycles. The van der Waals surface area contributed by atoms with Gasteiger partial charge in [-0.2, -0.15) is 0 Å². The van der Waals surface area contributed by atoms with Crippen LogP contribution >= 0.6 is 11.5 Å². The summed E-state index contributed by atoms with van der Waals surface area (Å²) in [4.78, 5) is 5.33. The number of nitrogens with zero attached hydrogens (tertiary/aromatic N) is 3. The van der Waals surface area contributed by atoms with Crippen LogP contribution in [-0.2, 0) is 0 Å². The number of fused-ring (bicyclic) bond motifs is 3. The fourth-order valence-corrected chi connectivity index (χ4v) is 2.28. The summed E-state index contributed by atoms with van der Waals surface area (Å²) in [7, 11) is 0. The van der Waals surface area contributed by atoms with Crippen LogP contribution in [0.3, 0.4) is 0 Å². The molecule has 0 aliphatic rings. The van der Waals surface area contributed by atoms with E-state index in [1.807, 2.05) is 35.6 Å². The quantitative estimate of drug-likeness (QED) is 0.664. The molecule has 2 aromatic heterocycles. The molecule has 0 N–H and O–H groups in total. The lowest BCUT2D eigenvalue weighted by atomic mass is 10.3. The van der Waals surface area contributed by atoms with Gasteiger partial charge in [-0.3, -0.25) is 0 Å². The van der Waals surface area contributed by atoms with E-state index in [2.05, 4.69) is 9.36 Å². The lowest BCUT2D eigenvalue weighted by Crippen LogP contribution is -1.96. The normalized spacial score (nSPS) is 11.3. The minimum Gasteiger partial charge on any atom is -0.464 e. The third-order valence-electron chi connectivity index (χ3n) is 2.20. The number of benzene rings is 1. The zero-order valence-electron chi connectivity index (χ0n) is 8.17. The Hall–Kier alpha value is -1.62. The van der Waals surface area contributed by atoms with Crippen LogP contribution in [0.5, 0.6) is 6.01 Å². The van der Waals surface area contributed by atoms with Crippen molar-refractivity contribution in [2.75, 3.05) is 6.61 Å². The first-order valence-corrected chi connectivity index (χ1v) is 5.53. The molecular weight excluding hydrogens is 210 g/mol. The minimum atomic E-state index is 0.616. The van der Waals surface area contributed by atoms with Crippen LogP contribution < -0.4 is 4.74 Å². The monoisotopic (exact) mass is 219 g/mol. The van der Waals surface area contributed by atoms with E-state index in [1.165, 1.54) is 11.5 Å². The second-order valence-corrected chi connectivity index (χ2v) is 3.85. The molecule has 0 spiro atoms. The molecule has 4 nitrogen and oxygen atoms in total. The highest BCUT2D eigenvalue weighted by Crippen LogP contribution is 2.24. The van der Waals surface area contributed by atoms with E-state index in [0.29, 0.717) is 12.6 Å². The van der Waals surface area contributed by atoms with Gasteiger partial charge in [0.15, 0.2) is 0 Å². The van der Waals surface area contributed by atoms with E-state index in [4.69, 9.17) is 4.74 Å². The Morgan fingerprint density at radius 1 is 1.40 bits per heavy atom. The highest BCUT2D eigenvalue weighted by Gasteiger charge is 2.11. The van der Waals surface area contributed by atoms with Crippen molar-refractivity contribution in [3.05, 3.63) is 24.3 Å². The van der Waals surface area contributed by atoms with Gasteiger partial charge in [-0.25, -0.2) is 9.38 Å². The van der Waals surface area contributed by atoms with Crippen LogP contribution in [-0.4, -0.2) is 20.4 Å². The second-order valence-electron chi connectivity index (χ2n) is 3.12. The van der Waals surface area contributed by atoms with Crippen molar-refractivity contribution in [2.45, 2.75) is 6.92 Å². The number of hydrogen-bond acceptors (Lipinski definition) is 4. The zero-order chi connectivity index (χ0) is 10.3. The number of imidazole rings is 1. The van der Waals surface area contributed by atoms with E-state index in [-0.39, 0.29) is 0 Å². The summed E-state index contributed by atoms with van der Waals surface area (Å²) in [6.45, 7) is 2.57. The standard InChI is InChI=1S/C10H9N3OS/c1-2-14-9-12-15-10-11-7-5-3-4-6-8(7)13(9)10/h3-6H,2H2,1H3. The molecule has 0 bridgehead atoms. The van der Waals surface area contributed by atoms with Crippen molar-refractivity contribution in [2.24, 2.45) is 0 Å². The van der Waals surface area contributed by atoms with Gasteiger partial charge in [0.25, 0.3) is 0 Å². The molecule has 2 heterocycles. The Kier molecular flexibility index (Phi) is 1.85. The Morgan fingerprint density at radius 3 is 3.13 bits per heavy atom. The van der Waals surface area contributed by atoms with Crippen LogP contribution in [0.1, 0.15) is 6.92 Å². The molecule has 0 unspecified atom stereocenters. The third-order valence-corrected chi connectivity index (χ3v) is 2.88. The fourth-order valence-electron chi connectivity index (χ4n) is 1.59. The van der Waals surface area contributed by atoms with Crippen LogP contribution in [0.25, 0.3) is 16.0 Å². The lowest BCUT2D eigenvalue weighted by Gasteiger charge is -1.98. The van der Waals surface area contributed by atoms with Crippen LogP contribution in [0.2, 0.25) is 0 Å². The molecule has 3 rings (SSSR count). The fraction of sp³-hybridized carbons (Fsp3) is 0.200. The molecule has 5 heteroatoms. The number of rotatable bonds is 2. The van der Waals surface area contributed by atoms with Gasteiger partial charge in [0, 0.05) is 11.5 Å². The average Bonchev–Trinajstić information content (AvgIpc) is 2.78. The van der Waals surface area contributed by atoms with Gasteiger partial charge in [-0.1, -0.05) is 12.1 Å². The minimum absolute atomic E-state index is 0.616. The molecule has 3 aromatic rings. The Labute approximate surface area is 90.3 Å². The van der Waals surface area contributed by atoms with Crippen molar-refractivity contribution in [1.29, 1.82) is 0 Å². The Bertz CT molecular complexity index is 613. The first-order chi connectivity index (χ1) is 7.40.